The Bertz CT molecular complexity index is 1810. The minimum Gasteiger partial charge on any atom is -0.497 e. The molecule has 1 aliphatic rings. The molecule has 8 nitrogen and oxygen atoms in total. The van der Waals surface area contributed by atoms with Crippen molar-refractivity contribution in [2.24, 2.45) is 4.99 Å². The van der Waals surface area contributed by atoms with Gasteiger partial charge in [-0.1, -0.05) is 54.1 Å². The van der Waals surface area contributed by atoms with Crippen LogP contribution in [0, 0.1) is 6.92 Å². The van der Waals surface area contributed by atoms with Gasteiger partial charge in [0.1, 0.15) is 23.4 Å². The summed E-state index contributed by atoms with van der Waals surface area (Å²) < 4.78 is 13.0. The van der Waals surface area contributed by atoms with Crippen LogP contribution in [0.25, 0.3) is 16.5 Å². The Hall–Kier alpha value is -4.69. The van der Waals surface area contributed by atoms with Crippen LogP contribution in [0.5, 0.6) is 11.5 Å². The van der Waals surface area contributed by atoms with Crippen LogP contribution in [-0.2, 0) is 11.2 Å². The molecule has 2 heterocycles. The molecule has 9 heteroatoms. The number of nitrogens with zero attached hydrogens (tertiary/aromatic N) is 4. The normalized spacial score (nSPS) is 14.0. The molecule has 0 unspecified atom stereocenters. The van der Waals surface area contributed by atoms with Crippen LogP contribution in [0.2, 0.25) is 5.02 Å². The summed E-state index contributed by atoms with van der Waals surface area (Å²) in [6, 6.07) is 25.1. The summed E-state index contributed by atoms with van der Waals surface area (Å²) in [6.07, 6.45) is 0.818. The van der Waals surface area contributed by atoms with Gasteiger partial charge in [-0.05, 0) is 60.7 Å². The van der Waals surface area contributed by atoms with Crippen LogP contribution >= 0.6 is 11.6 Å². The van der Waals surface area contributed by atoms with Gasteiger partial charge in [-0.15, -0.1) is 10.2 Å². The summed E-state index contributed by atoms with van der Waals surface area (Å²) in [5.74, 6) is 2.75. The van der Waals surface area contributed by atoms with Crippen molar-refractivity contribution < 1.29 is 14.3 Å². The summed E-state index contributed by atoms with van der Waals surface area (Å²) in [6.45, 7) is 2.39. The molecule has 42 heavy (non-hydrogen) atoms. The smallest absolute Gasteiger partial charge is 0.222 e. The largest absolute Gasteiger partial charge is 0.497 e. The number of hydrogen-bond acceptors (Lipinski definition) is 6. The first-order chi connectivity index (χ1) is 20.4. The maximum absolute atomic E-state index is 13.3. The number of ether oxygens (including phenoxy) is 2. The van der Waals surface area contributed by atoms with Gasteiger partial charge in [0.15, 0.2) is 5.82 Å². The molecule has 6 rings (SSSR count). The number of hydrogen-bond donors (Lipinski definition) is 1. The van der Waals surface area contributed by atoms with Gasteiger partial charge < -0.3 is 14.8 Å². The fourth-order valence-corrected chi connectivity index (χ4v) is 5.53. The lowest BCUT2D eigenvalue weighted by Gasteiger charge is -2.14. The van der Waals surface area contributed by atoms with Crippen LogP contribution in [0.1, 0.15) is 40.8 Å². The van der Waals surface area contributed by atoms with E-state index in [9.17, 15) is 4.79 Å². The SMILES string of the molecule is COc1ccc2c(c1)C(c1ccc(Cl)cc1)=N[C@@H](CC(=O)NCCc1ccc3c(OC)cccc3c1)c1nnc(C)n1-2. The molecule has 1 amide bonds. The summed E-state index contributed by atoms with van der Waals surface area (Å²) in [5.41, 5.74) is 4.47. The predicted octanol–water partition coefficient (Wildman–Crippen LogP) is 6.04. The highest BCUT2D eigenvalue weighted by Crippen LogP contribution is 2.34. The number of nitrogens with one attached hydrogen (secondary N) is 1. The average Bonchev–Trinajstić information content (AvgIpc) is 3.33. The molecule has 5 aromatic rings. The Morgan fingerprint density at radius 1 is 0.976 bits per heavy atom. The van der Waals surface area contributed by atoms with Crippen molar-refractivity contribution in [1.82, 2.24) is 20.1 Å². The van der Waals surface area contributed by atoms with Crippen molar-refractivity contribution in [3.8, 4) is 17.2 Å². The number of aromatic nitrogens is 3. The standard InChI is InChI=1S/C33H30ClN5O3/c1-20-37-38-33-28(19-31(40)35-16-15-21-7-13-26-23(17-21)5-4-6-30(26)42-3)36-32(22-8-10-24(34)11-9-22)27-18-25(41-2)12-14-29(27)39(20)33/h4-14,17-18,28H,15-16,19H2,1-3H3,(H,35,40)/t28-/m0/s1. The van der Waals surface area contributed by atoms with Gasteiger partial charge in [0.25, 0.3) is 0 Å². The van der Waals surface area contributed by atoms with E-state index in [2.05, 4.69) is 39.8 Å². The van der Waals surface area contributed by atoms with E-state index in [4.69, 9.17) is 26.1 Å². The molecule has 0 spiro atoms. The molecule has 1 atom stereocenters. The van der Waals surface area contributed by atoms with Crippen LogP contribution in [0.15, 0.2) is 83.9 Å². The van der Waals surface area contributed by atoms with Crippen LogP contribution in [0.3, 0.4) is 0 Å². The van der Waals surface area contributed by atoms with Gasteiger partial charge in [-0.3, -0.25) is 14.4 Å². The summed E-state index contributed by atoms with van der Waals surface area (Å²) in [7, 11) is 3.31. The number of aliphatic imine (C=N–C) groups is 1. The monoisotopic (exact) mass is 579 g/mol. The zero-order chi connectivity index (χ0) is 29.2. The number of amides is 1. The fourth-order valence-electron chi connectivity index (χ4n) is 5.41. The van der Waals surface area contributed by atoms with Crippen molar-refractivity contribution in [3.05, 3.63) is 112 Å². The maximum Gasteiger partial charge on any atom is 0.222 e. The maximum atomic E-state index is 13.3. The van der Waals surface area contributed by atoms with Crippen molar-refractivity contribution in [3.63, 3.8) is 0 Å². The van der Waals surface area contributed by atoms with Crippen LogP contribution < -0.4 is 14.8 Å². The molecule has 1 N–H and O–H groups in total. The highest BCUT2D eigenvalue weighted by atomic mass is 35.5. The van der Waals surface area contributed by atoms with Crippen molar-refractivity contribution in [2.75, 3.05) is 20.8 Å². The molecule has 0 saturated heterocycles. The lowest BCUT2D eigenvalue weighted by molar-refractivity contribution is -0.121. The fraction of sp³-hybridized carbons (Fsp3) is 0.212. The lowest BCUT2D eigenvalue weighted by atomic mass is 10.00. The molecule has 1 aromatic heterocycles. The number of halogens is 1. The van der Waals surface area contributed by atoms with Gasteiger partial charge in [0, 0.05) is 28.1 Å². The van der Waals surface area contributed by atoms with E-state index in [1.54, 1.807) is 14.2 Å². The number of methoxy groups -OCH3 is 2. The van der Waals surface area contributed by atoms with E-state index < -0.39 is 6.04 Å². The van der Waals surface area contributed by atoms with E-state index in [1.807, 2.05) is 66.1 Å². The quantitative estimate of drug-likeness (QED) is 0.242. The Kier molecular flexibility index (Phi) is 7.63. The Balaban J connectivity index is 1.27. The molecule has 212 valence electrons. The Morgan fingerprint density at radius 2 is 1.81 bits per heavy atom. The first kappa shape index (κ1) is 27.5. The number of aryl methyl sites for hydroxylation is 1. The second kappa shape index (κ2) is 11.7. The molecule has 1 aliphatic heterocycles. The highest BCUT2D eigenvalue weighted by Gasteiger charge is 2.30. The van der Waals surface area contributed by atoms with Crippen LogP contribution in [-0.4, -0.2) is 47.1 Å². The minimum absolute atomic E-state index is 0.114. The van der Waals surface area contributed by atoms with Gasteiger partial charge in [-0.2, -0.15) is 0 Å². The van der Waals surface area contributed by atoms with Gasteiger partial charge in [0.05, 0.1) is 32.0 Å². The number of carbonyl (C=O) groups excluding carboxylic acids is 1. The molecule has 0 fully saturated rings. The second-order valence-corrected chi connectivity index (χ2v) is 10.6. The van der Waals surface area contributed by atoms with Crippen LogP contribution in [0.4, 0.5) is 0 Å². The molecule has 0 saturated carbocycles. The van der Waals surface area contributed by atoms with Crippen molar-refractivity contribution in [2.45, 2.75) is 25.8 Å². The number of rotatable bonds is 8. The summed E-state index contributed by atoms with van der Waals surface area (Å²) in [5, 5.41) is 14.7. The van der Waals surface area contributed by atoms with Crippen molar-refractivity contribution >= 4 is 34.0 Å². The Morgan fingerprint density at radius 3 is 2.60 bits per heavy atom. The molecule has 4 aromatic carbocycles. The Labute approximate surface area is 249 Å². The third-order valence-corrected chi connectivity index (χ3v) is 7.74. The average molecular weight is 580 g/mol. The van der Waals surface area contributed by atoms with E-state index >= 15 is 0 Å². The zero-order valence-corrected chi connectivity index (χ0v) is 24.4. The second-order valence-electron chi connectivity index (χ2n) is 10.1. The first-order valence-electron chi connectivity index (χ1n) is 13.7. The third-order valence-electron chi connectivity index (χ3n) is 7.49. The third kappa shape index (κ3) is 5.33. The van der Waals surface area contributed by atoms with Crippen molar-refractivity contribution in [1.29, 1.82) is 0 Å². The molecule has 0 radical (unpaired) electrons. The van der Waals surface area contributed by atoms with E-state index in [-0.39, 0.29) is 12.3 Å². The van der Waals surface area contributed by atoms with Gasteiger partial charge in [-0.25, -0.2) is 0 Å². The molecule has 0 bridgehead atoms. The summed E-state index contributed by atoms with van der Waals surface area (Å²) in [4.78, 5) is 18.4. The van der Waals surface area contributed by atoms with Gasteiger partial charge in [0.2, 0.25) is 5.91 Å². The van der Waals surface area contributed by atoms with Gasteiger partial charge >= 0.3 is 0 Å². The zero-order valence-electron chi connectivity index (χ0n) is 23.6. The minimum atomic E-state index is -0.552. The lowest BCUT2D eigenvalue weighted by Crippen LogP contribution is -2.27. The molecular weight excluding hydrogens is 550 g/mol. The van der Waals surface area contributed by atoms with E-state index in [0.717, 1.165) is 44.6 Å². The van der Waals surface area contributed by atoms with E-state index in [0.29, 0.717) is 35.4 Å². The molecule has 0 aliphatic carbocycles. The predicted molar refractivity (Wildman–Crippen MR) is 164 cm³/mol. The number of benzene rings is 4. The summed E-state index contributed by atoms with van der Waals surface area (Å²) >= 11 is 6.20. The number of carbonyl (C=O) groups is 1. The number of fused-ring (bicyclic) bond motifs is 4. The highest BCUT2D eigenvalue weighted by molar-refractivity contribution is 6.30. The topological polar surface area (TPSA) is 90.6 Å². The van der Waals surface area contributed by atoms with E-state index in [1.165, 1.54) is 0 Å². The first-order valence-corrected chi connectivity index (χ1v) is 14.1. The molecular formula is C33H30ClN5O3.